The van der Waals surface area contributed by atoms with Gasteiger partial charge < -0.3 is 10.1 Å². The van der Waals surface area contributed by atoms with E-state index in [1.807, 2.05) is 0 Å². The number of nitrogens with one attached hydrogen (secondary N) is 1. The van der Waals surface area contributed by atoms with Gasteiger partial charge in [-0.3, -0.25) is 9.59 Å². The van der Waals surface area contributed by atoms with Crippen LogP contribution in [-0.2, 0) is 19.6 Å². The number of nitrogens with zero attached hydrogens (tertiary/aromatic N) is 1. The van der Waals surface area contributed by atoms with Crippen LogP contribution < -0.4 is 9.62 Å². The van der Waals surface area contributed by atoms with Gasteiger partial charge in [0.1, 0.15) is 0 Å². The van der Waals surface area contributed by atoms with Gasteiger partial charge in [-0.05, 0) is 50.2 Å². The third kappa shape index (κ3) is 4.39. The molecule has 2 amide bonds. The van der Waals surface area contributed by atoms with Gasteiger partial charge in [0.2, 0.25) is 15.9 Å². The summed E-state index contributed by atoms with van der Waals surface area (Å²) in [7, 11) is -2.68. The molecule has 1 heterocycles. The number of rotatable bonds is 4. The van der Waals surface area contributed by atoms with E-state index in [1.165, 1.54) is 57.4 Å². The fourth-order valence-electron chi connectivity index (χ4n) is 3.13. The van der Waals surface area contributed by atoms with Crippen LogP contribution in [0.15, 0.2) is 36.4 Å². The summed E-state index contributed by atoms with van der Waals surface area (Å²) < 4.78 is 30.4. The number of carbonyl (C=O) groups excluding carboxylic acids is 3. The van der Waals surface area contributed by atoms with Crippen molar-refractivity contribution < 1.29 is 27.5 Å². The van der Waals surface area contributed by atoms with E-state index >= 15 is 0 Å². The van der Waals surface area contributed by atoms with Crippen molar-refractivity contribution in [3.63, 3.8) is 0 Å². The van der Waals surface area contributed by atoms with Crippen LogP contribution in [0.1, 0.15) is 34.6 Å². The maximum Gasteiger partial charge on any atom is 0.337 e. The van der Waals surface area contributed by atoms with E-state index in [4.69, 9.17) is 23.2 Å². The van der Waals surface area contributed by atoms with E-state index in [9.17, 15) is 22.8 Å². The van der Waals surface area contributed by atoms with Crippen molar-refractivity contribution in [2.45, 2.75) is 13.8 Å². The van der Waals surface area contributed by atoms with E-state index in [0.717, 1.165) is 0 Å². The third-order valence-electron chi connectivity index (χ3n) is 4.65. The quantitative estimate of drug-likeness (QED) is 0.661. The molecule has 0 radical (unpaired) electrons. The number of carbonyl (C=O) groups is 3. The second kappa shape index (κ2) is 8.14. The van der Waals surface area contributed by atoms with Crippen molar-refractivity contribution in [2.24, 2.45) is 5.41 Å². The van der Waals surface area contributed by atoms with E-state index in [0.29, 0.717) is 4.31 Å². The standard InChI is InChI=1S/C20H18Cl2N2O6S/c1-20(2)10-31(28,29)24(19(20)27)12-5-7-14(21)13(9-12)17(25)23-16-8-11(18(26)30-3)4-6-15(16)22/h4-9H,10H2,1-3H3,(H,23,25). The Kier molecular flexibility index (Phi) is 6.05. The molecule has 31 heavy (non-hydrogen) atoms. The largest absolute Gasteiger partial charge is 0.465 e. The Morgan fingerprint density at radius 1 is 1.10 bits per heavy atom. The van der Waals surface area contributed by atoms with Gasteiger partial charge in [0.25, 0.3) is 5.91 Å². The predicted octanol–water partition coefficient (Wildman–Crippen LogP) is 3.73. The highest BCUT2D eigenvalue weighted by Crippen LogP contribution is 2.37. The second-order valence-corrected chi connectivity index (χ2v) is 10.1. The number of sulfonamides is 1. The normalized spacial score (nSPS) is 16.8. The number of halogens is 2. The zero-order valence-corrected chi connectivity index (χ0v) is 19.1. The average Bonchev–Trinajstić information content (AvgIpc) is 2.85. The summed E-state index contributed by atoms with van der Waals surface area (Å²) in [6.07, 6.45) is 0. The minimum atomic E-state index is -3.90. The SMILES string of the molecule is COC(=O)c1ccc(Cl)c(NC(=O)c2cc(N3C(=O)C(C)(C)CS3(=O)=O)ccc2Cl)c1. The molecule has 8 nitrogen and oxygen atoms in total. The zero-order valence-electron chi connectivity index (χ0n) is 16.7. The van der Waals surface area contributed by atoms with Gasteiger partial charge >= 0.3 is 5.97 Å². The summed E-state index contributed by atoms with van der Waals surface area (Å²) in [6.45, 7) is 3.07. The number of anilines is 2. The summed E-state index contributed by atoms with van der Waals surface area (Å²) in [5.74, 6) is -2.28. The maximum atomic E-state index is 12.9. The highest BCUT2D eigenvalue weighted by Gasteiger charge is 2.50. The Balaban J connectivity index is 1.97. The Morgan fingerprint density at radius 2 is 1.74 bits per heavy atom. The third-order valence-corrected chi connectivity index (χ3v) is 7.33. The topological polar surface area (TPSA) is 110 Å². The van der Waals surface area contributed by atoms with Crippen molar-refractivity contribution >= 4 is 62.4 Å². The monoisotopic (exact) mass is 484 g/mol. The summed E-state index contributed by atoms with van der Waals surface area (Å²) in [6, 6.07) is 8.07. The first-order valence-electron chi connectivity index (χ1n) is 8.93. The lowest BCUT2D eigenvalue weighted by molar-refractivity contribution is -0.123. The number of hydrogen-bond acceptors (Lipinski definition) is 6. The van der Waals surface area contributed by atoms with Crippen molar-refractivity contribution in [3.8, 4) is 0 Å². The molecule has 2 aromatic rings. The summed E-state index contributed by atoms with van der Waals surface area (Å²) in [4.78, 5) is 37.2. The number of amides is 2. The van der Waals surface area contributed by atoms with E-state index < -0.39 is 33.2 Å². The van der Waals surface area contributed by atoms with Crippen LogP contribution in [0.4, 0.5) is 11.4 Å². The minimum Gasteiger partial charge on any atom is -0.465 e. The van der Waals surface area contributed by atoms with Gasteiger partial charge in [-0.2, -0.15) is 0 Å². The van der Waals surface area contributed by atoms with Gasteiger partial charge in [-0.1, -0.05) is 23.2 Å². The molecule has 0 aliphatic carbocycles. The van der Waals surface area contributed by atoms with Crippen molar-refractivity contribution in [3.05, 3.63) is 57.6 Å². The molecule has 0 unspecified atom stereocenters. The zero-order chi connectivity index (χ0) is 23.1. The fraction of sp³-hybridized carbons (Fsp3) is 0.250. The smallest absolute Gasteiger partial charge is 0.337 e. The molecule has 0 atom stereocenters. The summed E-state index contributed by atoms with van der Waals surface area (Å²) in [5, 5.41) is 2.73. The lowest BCUT2D eigenvalue weighted by Crippen LogP contribution is -2.33. The average molecular weight is 485 g/mol. The van der Waals surface area contributed by atoms with Gasteiger partial charge in [-0.25, -0.2) is 17.5 Å². The molecule has 0 aromatic heterocycles. The summed E-state index contributed by atoms with van der Waals surface area (Å²) >= 11 is 12.3. The van der Waals surface area contributed by atoms with Crippen LogP contribution in [0.3, 0.4) is 0 Å². The van der Waals surface area contributed by atoms with Crippen LogP contribution in [0.25, 0.3) is 0 Å². The molecule has 0 saturated carbocycles. The number of methoxy groups -OCH3 is 1. The highest BCUT2D eigenvalue weighted by molar-refractivity contribution is 7.94. The molecular weight excluding hydrogens is 467 g/mol. The number of ether oxygens (including phenoxy) is 1. The lowest BCUT2D eigenvalue weighted by Gasteiger charge is -2.18. The molecule has 1 fully saturated rings. The molecule has 1 N–H and O–H groups in total. The molecule has 1 aliphatic heterocycles. The fourth-order valence-corrected chi connectivity index (χ4v) is 5.60. The predicted molar refractivity (Wildman–Crippen MR) is 117 cm³/mol. The number of hydrogen-bond donors (Lipinski definition) is 1. The molecular formula is C20H18Cl2N2O6S. The molecule has 1 aliphatic rings. The van der Waals surface area contributed by atoms with E-state index in [-0.39, 0.29) is 38.3 Å². The molecule has 0 spiro atoms. The van der Waals surface area contributed by atoms with Crippen LogP contribution >= 0.6 is 23.2 Å². The molecule has 2 aromatic carbocycles. The van der Waals surface area contributed by atoms with E-state index in [1.54, 1.807) is 0 Å². The molecule has 0 bridgehead atoms. The molecule has 164 valence electrons. The van der Waals surface area contributed by atoms with Gasteiger partial charge in [0.15, 0.2) is 0 Å². The first-order valence-corrected chi connectivity index (χ1v) is 11.3. The van der Waals surface area contributed by atoms with Crippen LogP contribution in [-0.4, -0.2) is 39.1 Å². The lowest BCUT2D eigenvalue weighted by atomic mass is 9.95. The Bertz CT molecular complexity index is 1210. The molecule has 3 rings (SSSR count). The minimum absolute atomic E-state index is 0.000432. The second-order valence-electron chi connectivity index (χ2n) is 7.51. The highest BCUT2D eigenvalue weighted by atomic mass is 35.5. The first kappa shape index (κ1) is 23.1. The molecule has 1 saturated heterocycles. The number of esters is 1. The van der Waals surface area contributed by atoms with Crippen molar-refractivity contribution in [2.75, 3.05) is 22.5 Å². The van der Waals surface area contributed by atoms with Gasteiger partial charge in [-0.15, -0.1) is 0 Å². The Labute approximate surface area is 189 Å². The molecule has 11 heteroatoms. The van der Waals surface area contributed by atoms with Crippen LogP contribution in [0.2, 0.25) is 10.0 Å². The van der Waals surface area contributed by atoms with Gasteiger partial charge in [0.05, 0.1) is 50.8 Å². The van der Waals surface area contributed by atoms with Crippen molar-refractivity contribution in [1.29, 1.82) is 0 Å². The number of benzene rings is 2. The first-order chi connectivity index (χ1) is 14.4. The maximum absolute atomic E-state index is 12.9. The van der Waals surface area contributed by atoms with E-state index in [2.05, 4.69) is 10.1 Å². The van der Waals surface area contributed by atoms with Gasteiger partial charge in [0, 0.05) is 0 Å². The van der Waals surface area contributed by atoms with Crippen LogP contribution in [0.5, 0.6) is 0 Å². The Hall–Kier alpha value is -2.62. The summed E-state index contributed by atoms with van der Waals surface area (Å²) in [5.41, 5.74) is -0.881. The van der Waals surface area contributed by atoms with Crippen molar-refractivity contribution in [1.82, 2.24) is 0 Å². The van der Waals surface area contributed by atoms with Crippen LogP contribution in [0, 0.1) is 5.41 Å². The Morgan fingerprint density at radius 3 is 2.32 bits per heavy atom.